The van der Waals surface area contributed by atoms with Gasteiger partial charge in [-0.15, -0.1) is 0 Å². The van der Waals surface area contributed by atoms with Crippen LogP contribution in [0.3, 0.4) is 0 Å². The number of hydrogen-bond acceptors (Lipinski definition) is 3. The van der Waals surface area contributed by atoms with Crippen molar-refractivity contribution in [2.75, 3.05) is 7.11 Å². The number of nitrogens with zero attached hydrogens (tertiary/aromatic N) is 1. The minimum Gasteiger partial charge on any atom is -0.490 e. The highest BCUT2D eigenvalue weighted by molar-refractivity contribution is 5.58. The monoisotopic (exact) mass is 179 g/mol. The molecular formula is C9H9NO3. The van der Waals surface area contributed by atoms with Crippen molar-refractivity contribution in [3.63, 3.8) is 0 Å². The van der Waals surface area contributed by atoms with E-state index in [9.17, 15) is 10.1 Å². The predicted octanol–water partition coefficient (Wildman–Crippen LogP) is 1.91. The third-order valence-electron chi connectivity index (χ3n) is 1.50. The van der Waals surface area contributed by atoms with Gasteiger partial charge in [0.2, 0.25) is 0 Å². The van der Waals surface area contributed by atoms with Crippen molar-refractivity contribution in [3.05, 3.63) is 52.2 Å². The Hall–Kier alpha value is -1.84. The third-order valence-corrected chi connectivity index (χ3v) is 1.50. The van der Waals surface area contributed by atoms with Crippen molar-refractivity contribution in [2.45, 2.75) is 0 Å². The first-order chi connectivity index (χ1) is 6.24. The summed E-state index contributed by atoms with van der Waals surface area (Å²) in [6, 6.07) is 8.92. The Kier molecular flexibility index (Phi) is 3.03. The third kappa shape index (κ3) is 2.59. The molecule has 0 N–H and O–H groups in total. The van der Waals surface area contributed by atoms with Gasteiger partial charge in [0, 0.05) is 5.56 Å². The van der Waals surface area contributed by atoms with E-state index in [2.05, 4.69) is 0 Å². The molecule has 0 bridgehead atoms. The van der Waals surface area contributed by atoms with Gasteiger partial charge in [-0.05, 0) is 0 Å². The number of hydrogen-bond donors (Lipinski definition) is 0. The predicted molar refractivity (Wildman–Crippen MR) is 48.4 cm³/mol. The van der Waals surface area contributed by atoms with Crippen molar-refractivity contribution < 1.29 is 9.66 Å². The van der Waals surface area contributed by atoms with Crippen LogP contribution in [0.15, 0.2) is 36.5 Å². The Morgan fingerprint density at radius 1 is 1.46 bits per heavy atom. The summed E-state index contributed by atoms with van der Waals surface area (Å²) < 4.78 is 4.87. The molecule has 0 atom stereocenters. The molecule has 4 nitrogen and oxygen atoms in total. The van der Waals surface area contributed by atoms with Gasteiger partial charge >= 0.3 is 0 Å². The molecule has 0 spiro atoms. The van der Waals surface area contributed by atoms with Crippen molar-refractivity contribution in [2.24, 2.45) is 0 Å². The molecule has 1 aromatic carbocycles. The first-order valence-electron chi connectivity index (χ1n) is 3.69. The molecule has 0 saturated heterocycles. The standard InChI is InChI=1S/C9H9NO3/c1-13-9(7-10(11)12)8-5-3-2-4-6-8/h2-7H,1H3. The minimum atomic E-state index is -0.536. The Labute approximate surface area is 75.6 Å². The fourth-order valence-electron chi connectivity index (χ4n) is 0.943. The van der Waals surface area contributed by atoms with Gasteiger partial charge in [0.1, 0.15) is 0 Å². The molecule has 0 radical (unpaired) electrons. The van der Waals surface area contributed by atoms with E-state index in [1.807, 2.05) is 6.07 Å². The van der Waals surface area contributed by atoms with Gasteiger partial charge in [0.25, 0.3) is 6.20 Å². The fourth-order valence-corrected chi connectivity index (χ4v) is 0.943. The summed E-state index contributed by atoms with van der Waals surface area (Å²) in [7, 11) is 1.41. The summed E-state index contributed by atoms with van der Waals surface area (Å²) in [5.74, 6) is 0.255. The van der Waals surface area contributed by atoms with Crippen molar-refractivity contribution in [1.29, 1.82) is 0 Å². The van der Waals surface area contributed by atoms with Crippen molar-refractivity contribution >= 4 is 5.76 Å². The van der Waals surface area contributed by atoms with Crippen LogP contribution in [0, 0.1) is 10.1 Å². The van der Waals surface area contributed by atoms with Crippen LogP contribution >= 0.6 is 0 Å². The van der Waals surface area contributed by atoms with Gasteiger partial charge in [-0.3, -0.25) is 10.1 Å². The van der Waals surface area contributed by atoms with Gasteiger partial charge in [0.15, 0.2) is 5.76 Å². The van der Waals surface area contributed by atoms with Crippen molar-refractivity contribution in [3.8, 4) is 0 Å². The van der Waals surface area contributed by atoms with Crippen LogP contribution in [-0.2, 0) is 4.74 Å². The van der Waals surface area contributed by atoms with Crippen molar-refractivity contribution in [1.82, 2.24) is 0 Å². The summed E-state index contributed by atoms with van der Waals surface area (Å²) in [6.07, 6.45) is 0.843. The van der Waals surface area contributed by atoms with E-state index in [-0.39, 0.29) is 5.76 Å². The van der Waals surface area contributed by atoms with Gasteiger partial charge < -0.3 is 4.74 Å². The number of methoxy groups -OCH3 is 1. The van der Waals surface area contributed by atoms with Crippen LogP contribution in [0.25, 0.3) is 5.76 Å². The topological polar surface area (TPSA) is 52.4 Å². The Bertz CT molecular complexity index is 319. The normalized spacial score (nSPS) is 11.0. The quantitative estimate of drug-likeness (QED) is 0.404. The molecule has 1 rings (SSSR count). The highest BCUT2D eigenvalue weighted by atomic mass is 16.6. The summed E-state index contributed by atoms with van der Waals surface area (Å²) in [5.41, 5.74) is 0.696. The molecule has 0 aliphatic carbocycles. The first kappa shape index (κ1) is 9.25. The molecular weight excluding hydrogens is 170 g/mol. The second kappa shape index (κ2) is 4.25. The van der Waals surface area contributed by atoms with E-state index >= 15 is 0 Å². The zero-order chi connectivity index (χ0) is 9.68. The Morgan fingerprint density at radius 2 is 2.08 bits per heavy atom. The van der Waals surface area contributed by atoms with Gasteiger partial charge in [0.05, 0.1) is 12.0 Å². The lowest BCUT2D eigenvalue weighted by Gasteiger charge is -2.01. The first-order valence-corrected chi connectivity index (χ1v) is 3.69. The van der Waals surface area contributed by atoms with Crippen LogP contribution < -0.4 is 0 Å². The van der Waals surface area contributed by atoms with Crippen LogP contribution in [-0.4, -0.2) is 12.0 Å². The lowest BCUT2D eigenvalue weighted by atomic mass is 10.2. The number of rotatable bonds is 3. The summed E-state index contributed by atoms with van der Waals surface area (Å²) >= 11 is 0. The Morgan fingerprint density at radius 3 is 2.54 bits per heavy atom. The van der Waals surface area contributed by atoms with E-state index in [0.717, 1.165) is 6.20 Å². The largest absolute Gasteiger partial charge is 0.490 e. The van der Waals surface area contributed by atoms with Crippen LogP contribution in [0.5, 0.6) is 0 Å². The maximum absolute atomic E-state index is 10.2. The number of benzene rings is 1. The van der Waals surface area contributed by atoms with Gasteiger partial charge in [-0.2, -0.15) is 0 Å². The van der Waals surface area contributed by atoms with E-state index < -0.39 is 4.92 Å². The van der Waals surface area contributed by atoms with E-state index in [0.29, 0.717) is 5.56 Å². The molecule has 13 heavy (non-hydrogen) atoms. The maximum atomic E-state index is 10.2. The van der Waals surface area contributed by atoms with Crippen LogP contribution in [0.4, 0.5) is 0 Å². The smallest absolute Gasteiger partial charge is 0.276 e. The summed E-state index contributed by atoms with van der Waals surface area (Å²) in [5, 5.41) is 10.2. The highest BCUT2D eigenvalue weighted by Crippen LogP contribution is 2.13. The SMILES string of the molecule is COC(=C[N+](=O)[O-])c1ccccc1. The molecule has 0 fully saturated rings. The summed E-state index contributed by atoms with van der Waals surface area (Å²) in [4.78, 5) is 9.66. The molecule has 0 amide bonds. The zero-order valence-corrected chi connectivity index (χ0v) is 7.14. The molecule has 0 aromatic heterocycles. The lowest BCUT2D eigenvalue weighted by molar-refractivity contribution is -0.402. The highest BCUT2D eigenvalue weighted by Gasteiger charge is 2.04. The fraction of sp³-hybridized carbons (Fsp3) is 0.111. The van der Waals surface area contributed by atoms with E-state index in [1.54, 1.807) is 24.3 Å². The van der Waals surface area contributed by atoms with Crippen LogP contribution in [0.1, 0.15) is 5.56 Å². The lowest BCUT2D eigenvalue weighted by Crippen LogP contribution is -1.92. The van der Waals surface area contributed by atoms with E-state index in [1.165, 1.54) is 7.11 Å². The van der Waals surface area contributed by atoms with Gasteiger partial charge in [-0.1, -0.05) is 30.3 Å². The molecule has 1 aromatic rings. The molecule has 0 unspecified atom stereocenters. The number of ether oxygens (including phenoxy) is 1. The second-order valence-corrected chi connectivity index (χ2v) is 2.35. The molecule has 0 aliphatic heterocycles. The average Bonchev–Trinajstić information content (AvgIpc) is 2.15. The summed E-state index contributed by atoms with van der Waals surface area (Å²) in [6.45, 7) is 0. The molecule has 0 heterocycles. The number of nitro groups is 1. The molecule has 0 aliphatic rings. The Balaban J connectivity index is 2.98. The zero-order valence-electron chi connectivity index (χ0n) is 7.14. The average molecular weight is 179 g/mol. The molecule has 0 saturated carbocycles. The second-order valence-electron chi connectivity index (χ2n) is 2.35. The minimum absolute atomic E-state index is 0.255. The van der Waals surface area contributed by atoms with Gasteiger partial charge in [-0.25, -0.2) is 0 Å². The van der Waals surface area contributed by atoms with E-state index in [4.69, 9.17) is 4.74 Å². The molecule has 4 heteroatoms. The maximum Gasteiger partial charge on any atom is 0.276 e. The molecule has 68 valence electrons. The van der Waals surface area contributed by atoms with Crippen LogP contribution in [0.2, 0.25) is 0 Å².